The van der Waals surface area contributed by atoms with Gasteiger partial charge in [0.25, 0.3) is 0 Å². The van der Waals surface area contributed by atoms with Crippen LogP contribution in [0.15, 0.2) is 42.5 Å². The Bertz CT molecular complexity index is 1110. The van der Waals surface area contributed by atoms with Gasteiger partial charge >= 0.3 is 0 Å². The molecule has 8 heteroatoms. The van der Waals surface area contributed by atoms with E-state index < -0.39 is 12.0 Å². The number of amides is 2. The highest BCUT2D eigenvalue weighted by Crippen LogP contribution is 2.42. The molecule has 212 valence electrons. The minimum Gasteiger partial charge on any atom is -0.497 e. The van der Waals surface area contributed by atoms with E-state index in [0.29, 0.717) is 48.5 Å². The highest BCUT2D eigenvalue weighted by atomic mass is 16.5. The lowest BCUT2D eigenvalue weighted by Gasteiger charge is -2.41. The van der Waals surface area contributed by atoms with E-state index in [1.165, 1.54) is 6.42 Å². The second-order valence-corrected chi connectivity index (χ2v) is 11.0. The first-order chi connectivity index (χ1) is 18.8. The minimum absolute atomic E-state index is 0.0164. The van der Waals surface area contributed by atoms with Gasteiger partial charge in [-0.1, -0.05) is 19.9 Å². The molecule has 0 radical (unpaired) electrons. The molecule has 8 nitrogen and oxygen atoms in total. The van der Waals surface area contributed by atoms with Gasteiger partial charge in [0, 0.05) is 31.7 Å². The van der Waals surface area contributed by atoms with Crippen LogP contribution in [-0.4, -0.2) is 64.2 Å². The van der Waals surface area contributed by atoms with E-state index in [4.69, 9.17) is 14.2 Å². The monoisotopic (exact) mass is 537 g/mol. The topological polar surface area (TPSA) is 80.3 Å². The number of carbonyl (C=O) groups is 2. The summed E-state index contributed by atoms with van der Waals surface area (Å²) in [6.45, 7) is 8.48. The third kappa shape index (κ3) is 6.85. The molecule has 2 aromatic carbocycles. The molecule has 4 atom stereocenters. The van der Waals surface area contributed by atoms with Crippen LogP contribution in [0, 0.1) is 17.8 Å². The van der Waals surface area contributed by atoms with Crippen LogP contribution < -0.4 is 24.4 Å². The van der Waals surface area contributed by atoms with Gasteiger partial charge in [-0.3, -0.25) is 9.59 Å². The van der Waals surface area contributed by atoms with Gasteiger partial charge < -0.3 is 29.3 Å². The molecule has 0 bridgehead atoms. The highest BCUT2D eigenvalue weighted by Gasteiger charge is 2.41. The SMILES string of the molecule is COc1ccc(N2C(=O)CC[C@@H](C(=O)NCCCN3C[C@H](C)C[C@@H](C)C3)[C@H]2c2ccc(OC)c(OC)c2)cc1. The predicted molar refractivity (Wildman–Crippen MR) is 153 cm³/mol. The molecule has 2 saturated heterocycles. The van der Waals surface area contributed by atoms with Crippen LogP contribution in [0.3, 0.4) is 0 Å². The Morgan fingerprint density at radius 1 is 0.949 bits per heavy atom. The molecular formula is C31H43N3O5. The normalized spacial score (nSPS) is 23.8. The van der Waals surface area contributed by atoms with E-state index in [9.17, 15) is 9.59 Å². The van der Waals surface area contributed by atoms with E-state index in [1.54, 1.807) is 26.2 Å². The van der Waals surface area contributed by atoms with Crippen molar-refractivity contribution in [3.05, 3.63) is 48.0 Å². The number of benzene rings is 2. The van der Waals surface area contributed by atoms with Crippen molar-refractivity contribution < 1.29 is 23.8 Å². The number of ether oxygens (including phenoxy) is 3. The average Bonchev–Trinajstić information content (AvgIpc) is 2.94. The summed E-state index contributed by atoms with van der Waals surface area (Å²) in [5, 5.41) is 3.19. The Kier molecular flexibility index (Phi) is 9.73. The number of rotatable bonds is 10. The summed E-state index contributed by atoms with van der Waals surface area (Å²) in [4.78, 5) is 31.3. The van der Waals surface area contributed by atoms with Gasteiger partial charge in [-0.15, -0.1) is 0 Å². The van der Waals surface area contributed by atoms with E-state index in [2.05, 4.69) is 24.1 Å². The molecule has 2 heterocycles. The molecule has 0 unspecified atom stereocenters. The van der Waals surface area contributed by atoms with Gasteiger partial charge in [0.1, 0.15) is 5.75 Å². The number of anilines is 1. The molecule has 0 aromatic heterocycles. The standard InChI is InChI=1S/C31H43N3O5/c1-21-17-22(2)20-33(19-21)16-6-15-32-31(36)26-12-14-29(35)34(24-8-10-25(37-3)11-9-24)30(26)23-7-13-27(38-4)28(18-23)39-5/h7-11,13,18,21-22,26,30H,6,12,14-17,19-20H2,1-5H3,(H,32,36)/t21-,22-,26-,30-/m1/s1. The molecule has 4 rings (SSSR count). The number of carbonyl (C=O) groups excluding carboxylic acids is 2. The number of nitrogens with zero attached hydrogens (tertiary/aromatic N) is 2. The number of methoxy groups -OCH3 is 3. The third-order valence-corrected chi connectivity index (χ3v) is 7.93. The van der Waals surface area contributed by atoms with Gasteiger partial charge in [0.2, 0.25) is 11.8 Å². The van der Waals surface area contributed by atoms with E-state index in [0.717, 1.165) is 37.3 Å². The fraction of sp³-hybridized carbons (Fsp3) is 0.548. The summed E-state index contributed by atoms with van der Waals surface area (Å²) in [5.41, 5.74) is 1.55. The lowest BCUT2D eigenvalue weighted by Crippen LogP contribution is -2.48. The summed E-state index contributed by atoms with van der Waals surface area (Å²) < 4.78 is 16.3. The molecule has 39 heavy (non-hydrogen) atoms. The molecule has 2 aromatic rings. The second kappa shape index (κ2) is 13.2. The molecule has 0 saturated carbocycles. The molecule has 1 N–H and O–H groups in total. The van der Waals surface area contributed by atoms with Crippen molar-refractivity contribution in [3.8, 4) is 17.2 Å². The predicted octanol–water partition coefficient (Wildman–Crippen LogP) is 4.68. The van der Waals surface area contributed by atoms with Gasteiger partial charge in [-0.2, -0.15) is 0 Å². The van der Waals surface area contributed by atoms with Gasteiger partial charge in [0.15, 0.2) is 11.5 Å². The van der Waals surface area contributed by atoms with Crippen LogP contribution in [0.25, 0.3) is 0 Å². The third-order valence-electron chi connectivity index (χ3n) is 7.93. The van der Waals surface area contributed by atoms with Gasteiger partial charge in [0.05, 0.1) is 33.3 Å². The van der Waals surface area contributed by atoms with Crippen LogP contribution in [-0.2, 0) is 9.59 Å². The van der Waals surface area contributed by atoms with Crippen molar-refractivity contribution in [3.63, 3.8) is 0 Å². The molecule has 0 aliphatic carbocycles. The second-order valence-electron chi connectivity index (χ2n) is 11.0. The summed E-state index contributed by atoms with van der Waals surface area (Å²) in [6, 6.07) is 12.5. The van der Waals surface area contributed by atoms with Crippen molar-refractivity contribution in [1.29, 1.82) is 0 Å². The first-order valence-corrected chi connectivity index (χ1v) is 14.0. The quantitative estimate of drug-likeness (QED) is 0.444. The van der Waals surface area contributed by atoms with E-state index in [-0.39, 0.29) is 11.8 Å². The Labute approximate surface area is 232 Å². The molecule has 2 aliphatic rings. The van der Waals surface area contributed by atoms with Crippen molar-refractivity contribution in [2.45, 2.75) is 45.6 Å². The lowest BCUT2D eigenvalue weighted by molar-refractivity contribution is -0.129. The largest absolute Gasteiger partial charge is 0.497 e. The number of likely N-dealkylation sites (tertiary alicyclic amines) is 1. The molecule has 2 fully saturated rings. The highest BCUT2D eigenvalue weighted by molar-refractivity contribution is 5.97. The van der Waals surface area contributed by atoms with Crippen molar-refractivity contribution in [2.24, 2.45) is 17.8 Å². The van der Waals surface area contributed by atoms with Crippen LogP contribution >= 0.6 is 0 Å². The Morgan fingerprint density at radius 2 is 1.64 bits per heavy atom. The van der Waals surface area contributed by atoms with Crippen molar-refractivity contribution in [2.75, 3.05) is 52.4 Å². The Morgan fingerprint density at radius 3 is 2.28 bits per heavy atom. The number of hydrogen-bond donors (Lipinski definition) is 1. The maximum atomic E-state index is 13.7. The molecule has 2 amide bonds. The smallest absolute Gasteiger partial charge is 0.227 e. The lowest BCUT2D eigenvalue weighted by atomic mass is 9.83. The Balaban J connectivity index is 1.55. The summed E-state index contributed by atoms with van der Waals surface area (Å²) >= 11 is 0. The molecular weight excluding hydrogens is 494 g/mol. The summed E-state index contributed by atoms with van der Waals surface area (Å²) in [6.07, 6.45) is 2.98. The fourth-order valence-electron chi connectivity index (χ4n) is 6.25. The van der Waals surface area contributed by atoms with Crippen LogP contribution in [0.2, 0.25) is 0 Å². The molecule has 2 aliphatic heterocycles. The maximum Gasteiger partial charge on any atom is 0.227 e. The minimum atomic E-state index is -0.483. The fourth-order valence-corrected chi connectivity index (χ4v) is 6.25. The summed E-state index contributed by atoms with van der Waals surface area (Å²) in [5.74, 6) is 2.85. The number of piperidine rings is 2. The number of hydrogen-bond acceptors (Lipinski definition) is 6. The van der Waals surface area contributed by atoms with Crippen molar-refractivity contribution in [1.82, 2.24) is 10.2 Å². The van der Waals surface area contributed by atoms with Crippen LogP contribution in [0.5, 0.6) is 17.2 Å². The molecule has 0 spiro atoms. The zero-order valence-electron chi connectivity index (χ0n) is 23.9. The first kappa shape index (κ1) is 28.7. The number of nitrogens with one attached hydrogen (secondary N) is 1. The van der Waals surface area contributed by atoms with E-state index in [1.807, 2.05) is 42.5 Å². The first-order valence-electron chi connectivity index (χ1n) is 14.0. The van der Waals surface area contributed by atoms with E-state index >= 15 is 0 Å². The van der Waals surface area contributed by atoms with Crippen LogP contribution in [0.1, 0.15) is 51.1 Å². The average molecular weight is 538 g/mol. The Hall–Kier alpha value is -3.26. The zero-order chi connectivity index (χ0) is 27.9. The zero-order valence-corrected chi connectivity index (χ0v) is 23.9. The summed E-state index contributed by atoms with van der Waals surface area (Å²) in [7, 11) is 4.79. The van der Waals surface area contributed by atoms with Gasteiger partial charge in [-0.05, 0) is 79.6 Å². The van der Waals surface area contributed by atoms with Crippen molar-refractivity contribution >= 4 is 17.5 Å². The maximum absolute atomic E-state index is 13.7. The van der Waals surface area contributed by atoms with Crippen LogP contribution in [0.4, 0.5) is 5.69 Å². The van der Waals surface area contributed by atoms with Gasteiger partial charge in [-0.25, -0.2) is 0 Å².